The number of benzene rings is 2. The van der Waals surface area contributed by atoms with Crippen molar-refractivity contribution in [1.29, 1.82) is 0 Å². The lowest BCUT2D eigenvalue weighted by Gasteiger charge is -2.05. The summed E-state index contributed by atoms with van der Waals surface area (Å²) >= 11 is 5.32. The zero-order valence-corrected chi connectivity index (χ0v) is 13.3. The fraction of sp³-hybridized carbons (Fsp3) is 0.125. The molecule has 2 aromatic carbocycles. The molecule has 0 aliphatic heterocycles. The number of anilines is 1. The Morgan fingerprint density at radius 1 is 1.05 bits per heavy atom. The van der Waals surface area contributed by atoms with Gasteiger partial charge in [0.1, 0.15) is 0 Å². The van der Waals surface area contributed by atoms with Crippen LogP contribution in [0.4, 0.5) is 5.69 Å². The van der Waals surface area contributed by atoms with Gasteiger partial charge in [-0.1, -0.05) is 40.2 Å². The van der Waals surface area contributed by atoms with Crippen LogP contribution in [0.2, 0.25) is 0 Å². The van der Waals surface area contributed by atoms with Gasteiger partial charge in [0.05, 0.1) is 5.03 Å². The fourth-order valence-corrected chi connectivity index (χ4v) is 3.30. The lowest BCUT2D eigenvalue weighted by atomic mass is 10.3. The molecule has 0 saturated carbocycles. The molecule has 0 unspecified atom stereocenters. The molecule has 0 amide bonds. The van der Waals surface area contributed by atoms with Gasteiger partial charge in [-0.15, -0.1) is 11.8 Å². The summed E-state index contributed by atoms with van der Waals surface area (Å²) in [4.78, 5) is 3.43. The molecule has 0 spiro atoms. The van der Waals surface area contributed by atoms with Crippen molar-refractivity contribution in [2.45, 2.75) is 5.03 Å². The molecule has 3 aromatic rings. The smallest absolute Gasteiger partial charge is 0.0733 e. The first-order valence-electron chi connectivity index (χ1n) is 6.51. The summed E-state index contributed by atoms with van der Waals surface area (Å²) in [7, 11) is 0. The van der Waals surface area contributed by atoms with Gasteiger partial charge in [-0.25, -0.2) is 0 Å². The third-order valence-electron chi connectivity index (χ3n) is 3.02. The number of aromatic amines is 1. The molecule has 20 heavy (non-hydrogen) atoms. The van der Waals surface area contributed by atoms with Crippen molar-refractivity contribution in [3.8, 4) is 0 Å². The van der Waals surface area contributed by atoms with Crippen LogP contribution in [0.15, 0.2) is 64.1 Å². The maximum Gasteiger partial charge on any atom is 0.0733 e. The van der Waals surface area contributed by atoms with Gasteiger partial charge >= 0.3 is 0 Å². The van der Waals surface area contributed by atoms with Gasteiger partial charge in [-0.2, -0.15) is 0 Å². The predicted octanol–water partition coefficient (Wildman–Crippen LogP) is 5.13. The number of rotatable bonds is 5. The number of halogens is 1. The maximum atomic E-state index is 3.48. The lowest BCUT2D eigenvalue weighted by Crippen LogP contribution is -2.03. The van der Waals surface area contributed by atoms with Crippen LogP contribution in [-0.2, 0) is 0 Å². The van der Waals surface area contributed by atoms with E-state index in [2.05, 4.69) is 68.7 Å². The monoisotopic (exact) mass is 346 g/mol. The zero-order valence-electron chi connectivity index (χ0n) is 10.9. The van der Waals surface area contributed by atoms with Crippen LogP contribution in [0.3, 0.4) is 0 Å². The standard InChI is InChI=1S/C16H15BrN2S/c17-13-5-3-6-14(11-13)18-8-9-20-16-10-12-4-1-2-7-15(12)19-16/h1-7,10-11,18-19H,8-9H2. The summed E-state index contributed by atoms with van der Waals surface area (Å²) < 4.78 is 1.10. The lowest BCUT2D eigenvalue weighted by molar-refractivity contribution is 1.19. The van der Waals surface area contributed by atoms with Crippen LogP contribution in [0.5, 0.6) is 0 Å². The molecule has 0 fully saturated rings. The van der Waals surface area contributed by atoms with E-state index in [-0.39, 0.29) is 0 Å². The Bertz CT molecular complexity index is 675. The molecular formula is C16H15BrN2S. The highest BCUT2D eigenvalue weighted by Gasteiger charge is 2.00. The molecule has 1 heterocycles. The molecule has 0 bridgehead atoms. The number of nitrogens with one attached hydrogen (secondary N) is 2. The minimum atomic E-state index is 0.941. The molecule has 4 heteroatoms. The molecule has 2 N–H and O–H groups in total. The summed E-state index contributed by atoms with van der Waals surface area (Å²) in [6.07, 6.45) is 0. The maximum absolute atomic E-state index is 3.48. The van der Waals surface area contributed by atoms with Gasteiger partial charge < -0.3 is 10.3 Å². The zero-order chi connectivity index (χ0) is 13.8. The third kappa shape index (κ3) is 3.38. The van der Waals surface area contributed by atoms with Gasteiger partial charge in [-0.05, 0) is 30.3 Å². The predicted molar refractivity (Wildman–Crippen MR) is 91.7 cm³/mol. The summed E-state index contributed by atoms with van der Waals surface area (Å²) in [5, 5.41) is 5.92. The van der Waals surface area contributed by atoms with Crippen LogP contribution < -0.4 is 5.32 Å². The summed E-state index contributed by atoms with van der Waals surface area (Å²) in [5.74, 6) is 1.03. The van der Waals surface area contributed by atoms with Crippen LogP contribution in [0.1, 0.15) is 0 Å². The van der Waals surface area contributed by atoms with Crippen molar-refractivity contribution >= 4 is 44.3 Å². The molecule has 3 rings (SSSR count). The molecular weight excluding hydrogens is 332 g/mol. The van der Waals surface area contributed by atoms with Gasteiger partial charge in [0.25, 0.3) is 0 Å². The van der Waals surface area contributed by atoms with Gasteiger partial charge in [-0.3, -0.25) is 0 Å². The minimum Gasteiger partial charge on any atom is -0.384 e. The highest BCUT2D eigenvalue weighted by atomic mass is 79.9. The Labute approximate surface area is 131 Å². The molecule has 102 valence electrons. The SMILES string of the molecule is Brc1cccc(NCCSc2cc3ccccc3[nH]2)c1. The number of aromatic nitrogens is 1. The van der Waals surface area contributed by atoms with Gasteiger partial charge in [0.15, 0.2) is 0 Å². The Hall–Kier alpha value is -1.39. The average Bonchev–Trinajstić information content (AvgIpc) is 2.86. The number of fused-ring (bicyclic) bond motifs is 1. The molecule has 0 atom stereocenters. The van der Waals surface area contributed by atoms with E-state index in [0.29, 0.717) is 0 Å². The second kappa shape index (κ2) is 6.37. The largest absolute Gasteiger partial charge is 0.384 e. The van der Waals surface area contributed by atoms with Crippen molar-refractivity contribution in [3.63, 3.8) is 0 Å². The van der Waals surface area contributed by atoms with Crippen LogP contribution in [0.25, 0.3) is 10.9 Å². The van der Waals surface area contributed by atoms with Crippen LogP contribution in [-0.4, -0.2) is 17.3 Å². The number of para-hydroxylation sites is 1. The normalized spacial score (nSPS) is 10.8. The van der Waals surface area contributed by atoms with Crippen molar-refractivity contribution in [3.05, 3.63) is 59.1 Å². The van der Waals surface area contributed by atoms with E-state index >= 15 is 0 Å². The van der Waals surface area contributed by atoms with Crippen LogP contribution >= 0.6 is 27.7 Å². The Balaban J connectivity index is 1.52. The Kier molecular flexibility index (Phi) is 4.33. The summed E-state index contributed by atoms with van der Waals surface area (Å²) in [5.41, 5.74) is 2.35. The summed E-state index contributed by atoms with van der Waals surface area (Å²) in [6, 6.07) is 18.8. The van der Waals surface area contributed by atoms with E-state index < -0.39 is 0 Å². The second-order valence-electron chi connectivity index (χ2n) is 4.51. The van der Waals surface area contributed by atoms with E-state index in [1.165, 1.54) is 15.9 Å². The van der Waals surface area contributed by atoms with Gasteiger partial charge in [0.2, 0.25) is 0 Å². The fourth-order valence-electron chi connectivity index (χ4n) is 2.08. The number of hydrogen-bond acceptors (Lipinski definition) is 2. The quantitative estimate of drug-likeness (QED) is 0.494. The van der Waals surface area contributed by atoms with Crippen molar-refractivity contribution in [2.75, 3.05) is 17.6 Å². The topological polar surface area (TPSA) is 27.8 Å². The second-order valence-corrected chi connectivity index (χ2v) is 6.56. The van der Waals surface area contributed by atoms with Crippen molar-refractivity contribution < 1.29 is 0 Å². The molecule has 0 saturated heterocycles. The van der Waals surface area contributed by atoms with E-state index in [0.717, 1.165) is 22.5 Å². The number of thioether (sulfide) groups is 1. The highest BCUT2D eigenvalue weighted by molar-refractivity contribution is 9.10. The van der Waals surface area contributed by atoms with E-state index in [4.69, 9.17) is 0 Å². The molecule has 0 radical (unpaired) electrons. The number of hydrogen-bond donors (Lipinski definition) is 2. The average molecular weight is 347 g/mol. The van der Waals surface area contributed by atoms with Crippen molar-refractivity contribution in [2.24, 2.45) is 0 Å². The molecule has 0 aliphatic rings. The summed E-state index contributed by atoms with van der Waals surface area (Å²) in [6.45, 7) is 0.941. The molecule has 2 nitrogen and oxygen atoms in total. The molecule has 1 aromatic heterocycles. The van der Waals surface area contributed by atoms with E-state index in [1.807, 2.05) is 23.9 Å². The van der Waals surface area contributed by atoms with E-state index in [1.54, 1.807) is 0 Å². The first kappa shape index (κ1) is 13.6. The Morgan fingerprint density at radius 2 is 1.95 bits per heavy atom. The van der Waals surface area contributed by atoms with Gasteiger partial charge in [0, 0.05) is 33.4 Å². The first-order chi connectivity index (χ1) is 9.81. The first-order valence-corrected chi connectivity index (χ1v) is 8.29. The highest BCUT2D eigenvalue weighted by Crippen LogP contribution is 2.23. The molecule has 0 aliphatic carbocycles. The van der Waals surface area contributed by atoms with Crippen molar-refractivity contribution in [1.82, 2.24) is 4.98 Å². The van der Waals surface area contributed by atoms with Crippen LogP contribution in [0, 0.1) is 0 Å². The number of H-pyrrole nitrogens is 1. The third-order valence-corrected chi connectivity index (χ3v) is 4.45. The van der Waals surface area contributed by atoms with E-state index in [9.17, 15) is 0 Å². The minimum absolute atomic E-state index is 0.941. The Morgan fingerprint density at radius 3 is 2.80 bits per heavy atom.